The van der Waals surface area contributed by atoms with Crippen molar-refractivity contribution in [2.24, 2.45) is 0 Å². The van der Waals surface area contributed by atoms with Gasteiger partial charge in [-0.1, -0.05) is 133 Å². The highest BCUT2D eigenvalue weighted by molar-refractivity contribution is 6.14. The third-order valence-electron chi connectivity index (χ3n) is 10.4. The van der Waals surface area contributed by atoms with Gasteiger partial charge in [-0.2, -0.15) is 0 Å². The maximum absolute atomic E-state index is 5.32. The molecule has 0 saturated heterocycles. The van der Waals surface area contributed by atoms with Crippen molar-refractivity contribution in [2.75, 3.05) is 0 Å². The van der Waals surface area contributed by atoms with Crippen LogP contribution in [-0.4, -0.2) is 19.9 Å². The number of fused-ring (bicyclic) bond motifs is 7. The second-order valence-electron chi connectivity index (χ2n) is 13.3. The zero-order valence-electron chi connectivity index (χ0n) is 27.4. The van der Waals surface area contributed by atoms with Crippen molar-refractivity contribution < 1.29 is 0 Å². The Morgan fingerprint density at radius 3 is 1.42 bits per heavy atom. The summed E-state index contributed by atoms with van der Waals surface area (Å²) < 4.78 is 0. The van der Waals surface area contributed by atoms with Gasteiger partial charge in [-0.05, 0) is 79.5 Å². The first kappa shape index (κ1) is 28.7. The Bertz CT molecular complexity index is 2660. The molecule has 7 aromatic carbocycles. The minimum Gasteiger partial charge on any atom is -0.260 e. The first-order valence-electron chi connectivity index (χ1n) is 17.4. The van der Waals surface area contributed by atoms with Crippen LogP contribution in [0.25, 0.3) is 76.6 Å². The van der Waals surface area contributed by atoms with Crippen LogP contribution in [0.3, 0.4) is 0 Å². The van der Waals surface area contributed by atoms with Crippen LogP contribution >= 0.6 is 0 Å². The van der Waals surface area contributed by atoms with E-state index in [-0.39, 0.29) is 11.8 Å². The Morgan fingerprint density at radius 2 is 0.860 bits per heavy atom. The summed E-state index contributed by atoms with van der Waals surface area (Å²) in [4.78, 5) is 20.8. The molecule has 0 spiro atoms. The molecule has 2 aromatic heterocycles. The molecular weight excluding hydrogens is 609 g/mol. The lowest BCUT2D eigenvalue weighted by atomic mass is 9.84. The van der Waals surface area contributed by atoms with Gasteiger partial charge in [-0.3, -0.25) is 4.98 Å². The van der Waals surface area contributed by atoms with Crippen molar-refractivity contribution in [2.45, 2.75) is 24.7 Å². The van der Waals surface area contributed by atoms with Crippen molar-refractivity contribution >= 4 is 53.9 Å². The maximum Gasteiger partial charge on any atom is 0.164 e. The quantitative estimate of drug-likeness (QED) is 0.142. The molecular formula is C46H32N4. The fourth-order valence-corrected chi connectivity index (χ4v) is 7.98. The summed E-state index contributed by atoms with van der Waals surface area (Å²) in [6, 6.07) is 49.5. The molecule has 1 aliphatic carbocycles. The zero-order valence-corrected chi connectivity index (χ0v) is 27.4. The zero-order chi connectivity index (χ0) is 33.0. The molecule has 2 atom stereocenters. The Hall–Kier alpha value is -6.26. The summed E-state index contributed by atoms with van der Waals surface area (Å²) in [7, 11) is 0. The van der Waals surface area contributed by atoms with Gasteiger partial charge in [0.1, 0.15) is 5.82 Å². The molecule has 236 valence electrons. The monoisotopic (exact) mass is 640 g/mol. The van der Waals surface area contributed by atoms with Crippen molar-refractivity contribution in [1.82, 2.24) is 19.9 Å². The average Bonchev–Trinajstić information content (AvgIpc) is 3.20. The number of benzene rings is 7. The molecule has 0 fully saturated rings. The van der Waals surface area contributed by atoms with Crippen molar-refractivity contribution in [3.8, 4) is 22.8 Å². The Kier molecular flexibility index (Phi) is 6.73. The SMILES string of the molecule is C1=CC(c2nccc3ccccc23)CCC1c1nc(-c2cc3ccccc3c3ccccc23)nc(-c2cc3ccccc3c3ccccc23)n1. The fraction of sp³-hybridized carbons (Fsp3) is 0.0870. The highest BCUT2D eigenvalue weighted by Gasteiger charge is 2.25. The van der Waals surface area contributed by atoms with Gasteiger partial charge in [0, 0.05) is 34.5 Å². The van der Waals surface area contributed by atoms with Gasteiger partial charge < -0.3 is 0 Å². The number of hydrogen-bond donors (Lipinski definition) is 0. The van der Waals surface area contributed by atoms with Crippen LogP contribution in [0.5, 0.6) is 0 Å². The lowest BCUT2D eigenvalue weighted by molar-refractivity contribution is 0.575. The number of nitrogens with zero attached hydrogens (tertiary/aromatic N) is 4. The summed E-state index contributed by atoms with van der Waals surface area (Å²) in [5, 5.41) is 11.9. The predicted molar refractivity (Wildman–Crippen MR) is 206 cm³/mol. The summed E-state index contributed by atoms with van der Waals surface area (Å²) >= 11 is 0. The number of rotatable bonds is 4. The molecule has 0 radical (unpaired) electrons. The maximum atomic E-state index is 5.32. The lowest BCUT2D eigenvalue weighted by Gasteiger charge is -2.23. The molecule has 2 heterocycles. The van der Waals surface area contributed by atoms with Gasteiger partial charge in [-0.25, -0.2) is 15.0 Å². The molecule has 0 amide bonds. The predicted octanol–water partition coefficient (Wildman–Crippen LogP) is 11.6. The van der Waals surface area contributed by atoms with E-state index in [4.69, 9.17) is 19.9 Å². The van der Waals surface area contributed by atoms with Crippen LogP contribution in [-0.2, 0) is 0 Å². The Balaban J connectivity index is 1.18. The van der Waals surface area contributed by atoms with E-state index in [0.29, 0.717) is 11.6 Å². The number of pyridine rings is 1. The van der Waals surface area contributed by atoms with E-state index in [9.17, 15) is 0 Å². The first-order valence-corrected chi connectivity index (χ1v) is 17.4. The average molecular weight is 641 g/mol. The summed E-state index contributed by atoms with van der Waals surface area (Å²) in [6.45, 7) is 0. The van der Waals surface area contributed by atoms with Crippen LogP contribution in [0.2, 0.25) is 0 Å². The van der Waals surface area contributed by atoms with Gasteiger partial charge in [0.15, 0.2) is 11.6 Å². The number of allylic oxidation sites excluding steroid dienone is 2. The standard InChI is InChI=1S/C46H32N4/c1-6-16-36-29(11-1)25-26-47-43(36)30-21-23-31(24-22-30)44-48-45(41-27-32-12-2-4-14-34(32)37-17-7-9-19-39(37)41)50-46(49-44)42-28-33-13-3-5-15-35(33)38-18-8-10-20-40(38)42/h1-21,23,25-28,30-31H,22,24H2. The van der Waals surface area contributed by atoms with Crippen molar-refractivity contribution in [3.05, 3.63) is 169 Å². The van der Waals surface area contributed by atoms with Crippen LogP contribution in [0.4, 0.5) is 0 Å². The van der Waals surface area contributed by atoms with Gasteiger partial charge in [-0.15, -0.1) is 0 Å². The highest BCUT2D eigenvalue weighted by atomic mass is 15.0. The van der Waals surface area contributed by atoms with E-state index < -0.39 is 0 Å². The molecule has 9 aromatic rings. The lowest BCUT2D eigenvalue weighted by Crippen LogP contribution is -2.12. The van der Waals surface area contributed by atoms with Crippen LogP contribution < -0.4 is 0 Å². The summed E-state index contributed by atoms with van der Waals surface area (Å²) in [6.07, 6.45) is 8.45. The van der Waals surface area contributed by atoms with Gasteiger partial charge in [0.05, 0.1) is 5.69 Å². The Morgan fingerprint density at radius 1 is 0.400 bits per heavy atom. The minimum atomic E-state index is 0.0557. The molecule has 1 aliphatic rings. The molecule has 0 N–H and O–H groups in total. The number of hydrogen-bond acceptors (Lipinski definition) is 4. The summed E-state index contributed by atoms with van der Waals surface area (Å²) in [5.41, 5.74) is 3.18. The third kappa shape index (κ3) is 4.75. The van der Waals surface area contributed by atoms with E-state index in [1.807, 2.05) is 6.20 Å². The normalized spacial score (nSPS) is 16.2. The van der Waals surface area contributed by atoms with Crippen LogP contribution in [0, 0.1) is 0 Å². The molecule has 0 saturated carbocycles. The third-order valence-corrected chi connectivity index (χ3v) is 10.4. The first-order chi connectivity index (χ1) is 24.8. The molecule has 4 heteroatoms. The summed E-state index contributed by atoms with van der Waals surface area (Å²) in [5.74, 6) is 2.51. The molecule has 50 heavy (non-hydrogen) atoms. The molecule has 10 rings (SSSR count). The van der Waals surface area contributed by atoms with E-state index in [2.05, 4.69) is 152 Å². The largest absolute Gasteiger partial charge is 0.260 e. The van der Waals surface area contributed by atoms with E-state index in [1.165, 1.54) is 43.1 Å². The minimum absolute atomic E-state index is 0.0557. The van der Waals surface area contributed by atoms with Crippen molar-refractivity contribution in [3.63, 3.8) is 0 Å². The molecule has 4 nitrogen and oxygen atoms in total. The van der Waals surface area contributed by atoms with E-state index in [0.717, 1.165) is 46.3 Å². The van der Waals surface area contributed by atoms with E-state index in [1.54, 1.807) is 0 Å². The number of aromatic nitrogens is 4. The molecule has 0 aliphatic heterocycles. The second-order valence-corrected chi connectivity index (χ2v) is 13.3. The van der Waals surface area contributed by atoms with Crippen LogP contribution in [0.15, 0.2) is 158 Å². The van der Waals surface area contributed by atoms with Crippen molar-refractivity contribution in [1.29, 1.82) is 0 Å². The van der Waals surface area contributed by atoms with Gasteiger partial charge in [0.25, 0.3) is 0 Å². The van der Waals surface area contributed by atoms with Gasteiger partial charge >= 0.3 is 0 Å². The molecule has 0 bridgehead atoms. The Labute approximate surface area is 289 Å². The topological polar surface area (TPSA) is 51.6 Å². The smallest absolute Gasteiger partial charge is 0.164 e. The van der Waals surface area contributed by atoms with Gasteiger partial charge in [0.2, 0.25) is 0 Å². The second kappa shape index (κ2) is 11.7. The van der Waals surface area contributed by atoms with E-state index >= 15 is 0 Å². The van der Waals surface area contributed by atoms with Crippen LogP contribution in [0.1, 0.15) is 36.2 Å². The molecule has 2 unspecified atom stereocenters. The fourth-order valence-electron chi connectivity index (χ4n) is 7.98. The highest BCUT2D eigenvalue weighted by Crippen LogP contribution is 2.40.